The van der Waals surface area contributed by atoms with Crippen molar-refractivity contribution in [2.24, 2.45) is 0 Å². The molecule has 0 bridgehead atoms. The van der Waals surface area contributed by atoms with Gasteiger partial charge in [0.1, 0.15) is 11.6 Å². The van der Waals surface area contributed by atoms with Crippen molar-refractivity contribution in [1.82, 2.24) is 9.55 Å². The minimum atomic E-state index is -1.000. The number of halogens is 3. The predicted molar refractivity (Wildman–Crippen MR) is 69.5 cm³/mol. The lowest BCUT2D eigenvalue weighted by molar-refractivity contribution is -0.133. The van der Waals surface area contributed by atoms with Gasteiger partial charge in [0.2, 0.25) is 0 Å². The summed E-state index contributed by atoms with van der Waals surface area (Å²) in [6.07, 6.45) is 2.90. The van der Waals surface area contributed by atoms with Crippen molar-refractivity contribution in [2.45, 2.75) is 5.16 Å². The number of hydrogen-bond donors (Lipinski definition) is 1. The van der Waals surface area contributed by atoms with Gasteiger partial charge in [0, 0.05) is 18.5 Å². The van der Waals surface area contributed by atoms with Crippen LogP contribution in [0.3, 0.4) is 0 Å². The van der Waals surface area contributed by atoms with E-state index in [9.17, 15) is 13.6 Å². The van der Waals surface area contributed by atoms with Gasteiger partial charge in [-0.25, -0.2) is 13.8 Å². The molecule has 2 rings (SSSR count). The number of hydrogen-bond acceptors (Lipinski definition) is 3. The van der Waals surface area contributed by atoms with E-state index >= 15 is 0 Å². The fourth-order valence-corrected chi connectivity index (χ4v) is 2.42. The highest BCUT2D eigenvalue weighted by Gasteiger charge is 2.14. The molecule has 4 nitrogen and oxygen atoms in total. The fraction of sp³-hybridized carbons (Fsp3) is 0.0909. The Morgan fingerprint density at radius 2 is 2.16 bits per heavy atom. The summed E-state index contributed by atoms with van der Waals surface area (Å²) in [5, 5.41) is 8.94. The lowest BCUT2D eigenvalue weighted by Gasteiger charge is -2.09. The Morgan fingerprint density at radius 3 is 2.84 bits per heavy atom. The number of aromatic nitrogens is 2. The minimum absolute atomic E-state index is 0.0960. The van der Waals surface area contributed by atoms with Crippen LogP contribution in [0.15, 0.2) is 34.2 Å². The molecule has 0 aliphatic rings. The first kappa shape index (κ1) is 14.0. The maximum atomic E-state index is 13.7. The zero-order chi connectivity index (χ0) is 14.0. The number of thioether (sulfide) groups is 1. The van der Waals surface area contributed by atoms with Crippen LogP contribution in [0.1, 0.15) is 0 Å². The number of benzene rings is 1. The first-order valence-corrected chi connectivity index (χ1v) is 6.79. The minimum Gasteiger partial charge on any atom is -0.481 e. The molecule has 0 amide bonds. The Labute approximate surface area is 119 Å². The number of rotatable bonds is 4. The maximum absolute atomic E-state index is 13.7. The molecule has 0 saturated heterocycles. The number of aliphatic carboxylic acids is 1. The van der Waals surface area contributed by atoms with Gasteiger partial charge in [0.05, 0.1) is 15.9 Å². The Hall–Kier alpha value is -1.41. The monoisotopic (exact) mass is 348 g/mol. The van der Waals surface area contributed by atoms with Crippen LogP contribution in [0, 0.1) is 11.6 Å². The molecule has 1 N–H and O–H groups in total. The van der Waals surface area contributed by atoms with E-state index in [-0.39, 0.29) is 15.9 Å². The predicted octanol–water partition coefficient (Wildman–Crippen LogP) is 3.09. The van der Waals surface area contributed by atoms with Crippen LogP contribution >= 0.6 is 27.7 Å². The third kappa shape index (κ3) is 3.13. The Bertz CT molecular complexity index is 633. The zero-order valence-corrected chi connectivity index (χ0v) is 11.7. The van der Waals surface area contributed by atoms with Gasteiger partial charge in [0.25, 0.3) is 0 Å². The molecule has 1 heterocycles. The summed E-state index contributed by atoms with van der Waals surface area (Å²) < 4.78 is 28.4. The van der Waals surface area contributed by atoms with Gasteiger partial charge >= 0.3 is 5.97 Å². The van der Waals surface area contributed by atoms with E-state index in [1.54, 1.807) is 0 Å². The summed E-state index contributed by atoms with van der Waals surface area (Å²) in [7, 11) is 0. The van der Waals surface area contributed by atoms with Gasteiger partial charge < -0.3 is 5.11 Å². The van der Waals surface area contributed by atoms with Gasteiger partial charge in [-0.15, -0.1) is 0 Å². The van der Waals surface area contributed by atoms with Gasteiger partial charge in [-0.2, -0.15) is 0 Å². The van der Waals surface area contributed by atoms with Crippen molar-refractivity contribution in [3.8, 4) is 5.69 Å². The third-order valence-electron chi connectivity index (χ3n) is 2.18. The van der Waals surface area contributed by atoms with Crippen LogP contribution in [0.5, 0.6) is 0 Å². The molecule has 1 aromatic carbocycles. The molecule has 0 aliphatic carbocycles. The topological polar surface area (TPSA) is 55.1 Å². The van der Waals surface area contributed by atoms with Crippen molar-refractivity contribution < 1.29 is 18.7 Å². The number of nitrogens with zero attached hydrogens (tertiary/aromatic N) is 2. The van der Waals surface area contributed by atoms with Crippen LogP contribution in [-0.4, -0.2) is 26.4 Å². The molecule has 0 aliphatic heterocycles. The normalized spacial score (nSPS) is 10.7. The van der Waals surface area contributed by atoms with Crippen LogP contribution in [0.4, 0.5) is 8.78 Å². The molecule has 0 fully saturated rings. The summed E-state index contributed by atoms with van der Waals surface area (Å²) >= 11 is 3.93. The molecule has 19 heavy (non-hydrogen) atoms. The molecule has 0 spiro atoms. The molecule has 100 valence electrons. The second kappa shape index (κ2) is 5.70. The van der Waals surface area contributed by atoms with Gasteiger partial charge in [-0.1, -0.05) is 11.8 Å². The molecule has 8 heteroatoms. The molecular formula is C11H7BrF2N2O2S. The highest BCUT2D eigenvalue weighted by atomic mass is 79.9. The van der Waals surface area contributed by atoms with Crippen LogP contribution < -0.4 is 0 Å². The van der Waals surface area contributed by atoms with Crippen LogP contribution in [0.2, 0.25) is 0 Å². The summed E-state index contributed by atoms with van der Waals surface area (Å²) in [6.45, 7) is 0. The first-order chi connectivity index (χ1) is 8.99. The molecular weight excluding hydrogens is 342 g/mol. The highest BCUT2D eigenvalue weighted by molar-refractivity contribution is 9.10. The molecule has 0 saturated carbocycles. The summed E-state index contributed by atoms with van der Waals surface area (Å²) in [5.74, 6) is -2.65. The smallest absolute Gasteiger partial charge is 0.313 e. The van der Waals surface area contributed by atoms with Crippen molar-refractivity contribution >= 4 is 33.7 Å². The average Bonchev–Trinajstić information content (AvgIpc) is 2.79. The summed E-state index contributed by atoms with van der Waals surface area (Å²) in [5.41, 5.74) is 0.0960. The highest BCUT2D eigenvalue weighted by Crippen LogP contribution is 2.26. The van der Waals surface area contributed by atoms with E-state index in [0.717, 1.165) is 17.8 Å². The van der Waals surface area contributed by atoms with Crippen molar-refractivity contribution in [3.63, 3.8) is 0 Å². The maximum Gasteiger partial charge on any atom is 0.313 e. The van der Waals surface area contributed by atoms with E-state index in [1.807, 2.05) is 0 Å². The van der Waals surface area contributed by atoms with E-state index in [4.69, 9.17) is 5.11 Å². The first-order valence-electron chi connectivity index (χ1n) is 5.02. The SMILES string of the molecule is O=C(O)CSc1nccn1-c1cc(Br)c(F)cc1F. The van der Waals surface area contributed by atoms with Crippen LogP contribution in [-0.2, 0) is 4.79 Å². The molecule has 0 radical (unpaired) electrons. The van der Waals surface area contributed by atoms with Gasteiger partial charge in [-0.3, -0.25) is 9.36 Å². The fourth-order valence-electron chi connectivity index (χ4n) is 1.40. The van der Waals surface area contributed by atoms with E-state index in [0.29, 0.717) is 5.16 Å². The zero-order valence-electron chi connectivity index (χ0n) is 9.31. The van der Waals surface area contributed by atoms with Crippen molar-refractivity contribution in [2.75, 3.05) is 5.75 Å². The lowest BCUT2D eigenvalue weighted by atomic mass is 10.3. The van der Waals surface area contributed by atoms with Gasteiger partial charge in [-0.05, 0) is 22.0 Å². The number of imidazole rings is 1. The standard InChI is InChI=1S/C11H7BrF2N2O2S/c12-6-3-9(8(14)4-7(6)13)16-2-1-15-11(16)19-5-10(17)18/h1-4H,5H2,(H,17,18). The number of carboxylic acid groups (broad SMARTS) is 1. The van der Waals surface area contributed by atoms with Gasteiger partial charge in [0.15, 0.2) is 5.16 Å². The number of carboxylic acids is 1. The van der Waals surface area contributed by atoms with Crippen molar-refractivity contribution in [1.29, 1.82) is 0 Å². The van der Waals surface area contributed by atoms with E-state index < -0.39 is 17.6 Å². The molecule has 0 atom stereocenters. The largest absolute Gasteiger partial charge is 0.481 e. The quantitative estimate of drug-likeness (QED) is 0.681. The van der Waals surface area contributed by atoms with Crippen LogP contribution in [0.25, 0.3) is 5.69 Å². The molecule has 2 aromatic rings. The molecule has 1 aromatic heterocycles. The Balaban J connectivity index is 2.40. The summed E-state index contributed by atoms with van der Waals surface area (Å²) in [4.78, 5) is 14.5. The summed E-state index contributed by atoms with van der Waals surface area (Å²) in [6, 6.07) is 2.03. The molecule has 0 unspecified atom stereocenters. The van der Waals surface area contributed by atoms with E-state index in [1.165, 1.54) is 23.0 Å². The average molecular weight is 349 g/mol. The van der Waals surface area contributed by atoms with E-state index in [2.05, 4.69) is 20.9 Å². The number of carbonyl (C=O) groups is 1. The second-order valence-corrected chi connectivity index (χ2v) is 5.28. The third-order valence-corrected chi connectivity index (χ3v) is 3.74. The van der Waals surface area contributed by atoms with Crippen molar-refractivity contribution in [3.05, 3.63) is 40.6 Å². The Morgan fingerprint density at radius 1 is 1.42 bits per heavy atom. The Kier molecular flexibility index (Phi) is 4.20. The lowest BCUT2D eigenvalue weighted by Crippen LogP contribution is -2.03. The second-order valence-electron chi connectivity index (χ2n) is 3.48.